The normalized spacial score (nSPS) is 15.6. The number of carbonyl (C=O) groups is 1. The van der Waals surface area contributed by atoms with E-state index in [1.165, 1.54) is 34.6 Å². The second kappa shape index (κ2) is 8.73. The van der Waals surface area contributed by atoms with Gasteiger partial charge in [0.1, 0.15) is 11.5 Å². The van der Waals surface area contributed by atoms with Crippen LogP contribution in [0.25, 0.3) is 27.6 Å². The van der Waals surface area contributed by atoms with E-state index in [1.54, 1.807) is 6.07 Å². The molecule has 3 heterocycles. The summed E-state index contributed by atoms with van der Waals surface area (Å²) in [6.07, 6.45) is -3.04. The van der Waals surface area contributed by atoms with Crippen LogP contribution in [-0.4, -0.2) is 20.2 Å². The lowest BCUT2D eigenvalue weighted by atomic mass is 10.1. The summed E-state index contributed by atoms with van der Waals surface area (Å²) in [7, 11) is 0. The molecule has 2 aromatic heterocycles. The van der Waals surface area contributed by atoms with E-state index in [0.29, 0.717) is 5.13 Å². The average molecular weight is 538 g/mol. The van der Waals surface area contributed by atoms with E-state index in [-0.39, 0.29) is 31.3 Å². The van der Waals surface area contributed by atoms with Gasteiger partial charge in [0.25, 0.3) is 5.91 Å². The number of thioether (sulfide) groups is 1. The second-order valence-corrected chi connectivity index (χ2v) is 10.1. The summed E-state index contributed by atoms with van der Waals surface area (Å²) in [5.74, 6) is 0.0127. The topological polar surface area (TPSA) is 58.4 Å². The highest BCUT2D eigenvalue weighted by Gasteiger charge is 2.34. The van der Waals surface area contributed by atoms with E-state index in [0.717, 1.165) is 34.1 Å². The first kappa shape index (κ1) is 22.9. The molecule has 0 unspecified atom stereocenters. The zero-order valence-electron chi connectivity index (χ0n) is 16.7. The van der Waals surface area contributed by atoms with Crippen molar-refractivity contribution in [2.24, 2.45) is 0 Å². The fourth-order valence-corrected chi connectivity index (χ4v) is 5.40. The summed E-state index contributed by atoms with van der Waals surface area (Å²) < 4.78 is 46.1. The van der Waals surface area contributed by atoms with Crippen LogP contribution >= 0.6 is 46.9 Å². The maximum absolute atomic E-state index is 13.1. The Hall–Kier alpha value is -2.86. The van der Waals surface area contributed by atoms with Crippen molar-refractivity contribution < 1.29 is 22.4 Å². The van der Waals surface area contributed by atoms with Gasteiger partial charge in [-0.3, -0.25) is 10.2 Å². The van der Waals surface area contributed by atoms with Gasteiger partial charge in [-0.1, -0.05) is 46.8 Å². The fraction of sp³-hybridized carbons (Fsp3) is 0.0455. The van der Waals surface area contributed by atoms with Crippen molar-refractivity contribution in [3.8, 4) is 11.3 Å². The molecular formula is C22H11ClF3N3O2S3. The third kappa shape index (κ3) is 4.43. The van der Waals surface area contributed by atoms with Crippen LogP contribution in [0.5, 0.6) is 0 Å². The number of fused-ring (bicyclic) bond motifs is 1. The second-order valence-electron chi connectivity index (χ2n) is 7.01. The molecule has 2 aromatic carbocycles. The summed E-state index contributed by atoms with van der Waals surface area (Å²) in [6, 6.07) is 13.6. The molecule has 0 saturated carbocycles. The van der Waals surface area contributed by atoms with Gasteiger partial charge < -0.3 is 4.42 Å². The zero-order valence-corrected chi connectivity index (χ0v) is 19.9. The number of carbonyl (C=O) groups excluding carboxylic acids is 1. The van der Waals surface area contributed by atoms with Crippen molar-refractivity contribution >= 4 is 78.6 Å². The van der Waals surface area contributed by atoms with Crippen LogP contribution < -0.4 is 5.43 Å². The van der Waals surface area contributed by atoms with Crippen molar-refractivity contribution in [2.75, 3.05) is 5.43 Å². The Morgan fingerprint density at radius 3 is 2.71 bits per heavy atom. The minimum atomic E-state index is -4.51. The first-order valence-corrected chi connectivity index (χ1v) is 12.0. The maximum atomic E-state index is 13.1. The highest BCUT2D eigenvalue weighted by molar-refractivity contribution is 8.26. The van der Waals surface area contributed by atoms with Crippen molar-refractivity contribution in [3.63, 3.8) is 0 Å². The van der Waals surface area contributed by atoms with E-state index in [2.05, 4.69) is 10.4 Å². The Bertz CT molecular complexity index is 1450. The van der Waals surface area contributed by atoms with Gasteiger partial charge in [0, 0.05) is 11.6 Å². The number of hydrazine groups is 1. The van der Waals surface area contributed by atoms with Gasteiger partial charge >= 0.3 is 6.18 Å². The molecule has 5 nitrogen and oxygen atoms in total. The predicted molar refractivity (Wildman–Crippen MR) is 132 cm³/mol. The van der Waals surface area contributed by atoms with Crippen LogP contribution in [-0.2, 0) is 11.0 Å². The number of aromatic nitrogens is 1. The number of furan rings is 1. The zero-order chi connectivity index (χ0) is 24.0. The number of halogens is 4. The minimum absolute atomic E-state index is 0.0983. The Kier molecular flexibility index (Phi) is 5.88. The van der Waals surface area contributed by atoms with Gasteiger partial charge in [-0.15, -0.1) is 0 Å². The standard InChI is InChI=1S/C22H11ClF3N3O2S3/c23-14-7-5-11(22(24,25)26)9-13(14)16-8-6-12(31-16)10-18-19(30)29(21(32)34-18)28-20-27-15-3-1-2-4-17(15)33-20/h1-10H,(H,27,28)/b18-10-. The molecule has 0 radical (unpaired) electrons. The Balaban J connectivity index is 1.38. The van der Waals surface area contributed by atoms with Crippen molar-refractivity contribution in [1.29, 1.82) is 0 Å². The number of benzene rings is 2. The molecule has 0 bridgehead atoms. The van der Waals surface area contributed by atoms with E-state index >= 15 is 0 Å². The quantitative estimate of drug-likeness (QED) is 0.215. The maximum Gasteiger partial charge on any atom is 0.416 e. The summed E-state index contributed by atoms with van der Waals surface area (Å²) >= 11 is 13.9. The third-order valence-electron chi connectivity index (χ3n) is 4.75. The molecule has 1 aliphatic rings. The lowest BCUT2D eigenvalue weighted by molar-refractivity contribution is -0.137. The monoisotopic (exact) mass is 537 g/mol. The number of amides is 1. The van der Waals surface area contributed by atoms with Gasteiger partial charge in [-0.25, -0.2) is 4.98 Å². The van der Waals surface area contributed by atoms with Crippen molar-refractivity contribution in [3.05, 3.63) is 75.8 Å². The molecule has 0 aliphatic carbocycles. The Morgan fingerprint density at radius 2 is 1.94 bits per heavy atom. The van der Waals surface area contributed by atoms with Crippen molar-refractivity contribution in [1.82, 2.24) is 9.99 Å². The fourth-order valence-electron chi connectivity index (χ4n) is 3.17. The third-order valence-corrected chi connectivity index (χ3v) is 7.33. The molecule has 172 valence electrons. The number of para-hydroxylation sites is 1. The average Bonchev–Trinajstić information content (AvgIpc) is 3.48. The van der Waals surface area contributed by atoms with Crippen LogP contribution in [0.3, 0.4) is 0 Å². The molecule has 1 saturated heterocycles. The molecule has 4 aromatic rings. The number of alkyl halides is 3. The number of hydrogen-bond acceptors (Lipinski definition) is 7. The molecule has 12 heteroatoms. The molecule has 34 heavy (non-hydrogen) atoms. The van der Waals surface area contributed by atoms with E-state index < -0.39 is 17.6 Å². The minimum Gasteiger partial charge on any atom is -0.457 e. The lowest BCUT2D eigenvalue weighted by Crippen LogP contribution is -2.33. The largest absolute Gasteiger partial charge is 0.457 e. The summed E-state index contributed by atoms with van der Waals surface area (Å²) in [5, 5.41) is 1.84. The number of nitrogens with zero attached hydrogens (tertiary/aromatic N) is 2. The highest BCUT2D eigenvalue weighted by atomic mass is 35.5. The SMILES string of the molecule is O=C1/C(=C/c2ccc(-c3cc(C(F)(F)F)ccc3Cl)o2)SC(=S)N1Nc1nc2ccccc2s1. The number of nitrogens with one attached hydrogen (secondary N) is 1. The summed E-state index contributed by atoms with van der Waals surface area (Å²) in [5.41, 5.74) is 2.99. The van der Waals surface area contributed by atoms with Gasteiger partial charge in [0.2, 0.25) is 5.13 Å². The molecule has 1 amide bonds. The molecule has 1 N–H and O–H groups in total. The number of thiocarbonyl (C=S) groups is 1. The van der Waals surface area contributed by atoms with Crippen molar-refractivity contribution in [2.45, 2.75) is 6.18 Å². The summed E-state index contributed by atoms with van der Waals surface area (Å²) in [4.78, 5) is 17.6. The number of rotatable bonds is 4. The lowest BCUT2D eigenvalue weighted by Gasteiger charge is -2.14. The van der Waals surface area contributed by atoms with Crippen LogP contribution in [0.15, 0.2) is 63.9 Å². The molecule has 0 atom stereocenters. The highest BCUT2D eigenvalue weighted by Crippen LogP contribution is 2.38. The van der Waals surface area contributed by atoms with E-state index in [9.17, 15) is 18.0 Å². The molecule has 1 aliphatic heterocycles. The number of hydrogen-bond donors (Lipinski definition) is 1. The first-order valence-electron chi connectivity index (χ1n) is 9.56. The van der Waals surface area contributed by atoms with Crippen LogP contribution in [0, 0.1) is 0 Å². The first-order chi connectivity index (χ1) is 16.2. The van der Waals surface area contributed by atoms with Gasteiger partial charge in [-0.2, -0.15) is 18.2 Å². The Morgan fingerprint density at radius 1 is 1.15 bits per heavy atom. The molecular weight excluding hydrogens is 527 g/mol. The molecule has 5 rings (SSSR count). The van der Waals surface area contributed by atoms with Gasteiger partial charge in [0.15, 0.2) is 4.32 Å². The number of thiazole rings is 1. The smallest absolute Gasteiger partial charge is 0.416 e. The predicted octanol–water partition coefficient (Wildman–Crippen LogP) is 7.46. The van der Waals surface area contributed by atoms with Gasteiger partial charge in [0.05, 0.1) is 25.7 Å². The Labute approximate surface area is 209 Å². The van der Waals surface area contributed by atoms with Crippen LogP contribution in [0.1, 0.15) is 11.3 Å². The van der Waals surface area contributed by atoms with E-state index in [4.69, 9.17) is 28.2 Å². The van der Waals surface area contributed by atoms with Gasteiger partial charge in [-0.05, 0) is 54.7 Å². The van der Waals surface area contributed by atoms with Crippen LogP contribution in [0.2, 0.25) is 5.02 Å². The molecule has 1 fully saturated rings. The number of anilines is 1. The van der Waals surface area contributed by atoms with Crippen LogP contribution in [0.4, 0.5) is 18.3 Å². The molecule has 0 spiro atoms. The summed E-state index contributed by atoms with van der Waals surface area (Å²) in [6.45, 7) is 0. The van der Waals surface area contributed by atoms with E-state index in [1.807, 2.05) is 24.3 Å².